The van der Waals surface area contributed by atoms with Crippen molar-refractivity contribution in [1.29, 1.82) is 0 Å². The average Bonchev–Trinajstić information content (AvgIpc) is 3.10. The topological polar surface area (TPSA) is 66.1 Å². The molecule has 1 aliphatic heterocycles. The Bertz CT molecular complexity index is 973. The molecule has 4 rings (SSSR count). The van der Waals surface area contributed by atoms with Gasteiger partial charge < -0.3 is 0 Å². The molecule has 2 heterocycles. The van der Waals surface area contributed by atoms with Gasteiger partial charge in [-0.1, -0.05) is 24.6 Å². The number of fused-ring (bicyclic) bond motifs is 1. The normalized spacial score (nSPS) is 16.5. The van der Waals surface area contributed by atoms with Gasteiger partial charge in [-0.15, -0.1) is 0 Å². The molecule has 1 aliphatic rings. The van der Waals surface area contributed by atoms with Crippen LogP contribution in [0, 0.1) is 0 Å². The van der Waals surface area contributed by atoms with Gasteiger partial charge in [0, 0.05) is 18.5 Å². The van der Waals surface area contributed by atoms with Crippen molar-refractivity contribution in [1.82, 2.24) is 14.5 Å². The zero-order valence-electron chi connectivity index (χ0n) is 13.3. The smallest absolute Gasteiger partial charge is 0.243 e. The third-order valence-electron chi connectivity index (χ3n) is 4.56. The molecule has 1 N–H and O–H groups in total. The number of nitrogens with one attached hydrogen (secondary N) is 1. The Balaban J connectivity index is 1.72. The van der Waals surface area contributed by atoms with Crippen LogP contribution in [0.2, 0.25) is 0 Å². The minimum atomic E-state index is -3.41. The lowest BCUT2D eigenvalue weighted by Gasteiger charge is -2.26. The third-order valence-corrected chi connectivity index (χ3v) is 6.46. The number of aromatic amines is 1. The molecule has 1 saturated heterocycles. The molecule has 0 spiro atoms. The van der Waals surface area contributed by atoms with Crippen LogP contribution in [0.25, 0.3) is 22.0 Å². The number of sulfonamides is 1. The number of hydrogen-bond donors (Lipinski definition) is 1. The highest BCUT2D eigenvalue weighted by molar-refractivity contribution is 7.89. The van der Waals surface area contributed by atoms with Gasteiger partial charge in [-0.25, -0.2) is 8.42 Å². The summed E-state index contributed by atoms with van der Waals surface area (Å²) in [6.45, 7) is 1.24. The van der Waals surface area contributed by atoms with Crippen LogP contribution in [0.3, 0.4) is 0 Å². The SMILES string of the molecule is O=S(=O)(c1cccc(-c2ccc3[nH]ncc3c2)c1)N1CCCCC1. The second-order valence-corrected chi connectivity index (χ2v) is 8.10. The van der Waals surface area contributed by atoms with Crippen molar-refractivity contribution in [2.24, 2.45) is 0 Å². The zero-order valence-corrected chi connectivity index (χ0v) is 14.1. The summed E-state index contributed by atoms with van der Waals surface area (Å²) in [5, 5.41) is 7.96. The van der Waals surface area contributed by atoms with E-state index in [9.17, 15) is 8.42 Å². The summed E-state index contributed by atoms with van der Waals surface area (Å²) < 4.78 is 27.3. The lowest BCUT2D eigenvalue weighted by Crippen LogP contribution is -2.35. The minimum absolute atomic E-state index is 0.370. The molecule has 6 heteroatoms. The van der Waals surface area contributed by atoms with E-state index in [0.717, 1.165) is 41.3 Å². The molecule has 2 aromatic carbocycles. The summed E-state index contributed by atoms with van der Waals surface area (Å²) >= 11 is 0. The average molecular weight is 341 g/mol. The number of H-pyrrole nitrogens is 1. The first-order valence-electron chi connectivity index (χ1n) is 8.18. The van der Waals surface area contributed by atoms with Crippen molar-refractivity contribution >= 4 is 20.9 Å². The molecule has 3 aromatic rings. The van der Waals surface area contributed by atoms with E-state index in [2.05, 4.69) is 10.2 Å². The molecule has 0 radical (unpaired) electrons. The Labute approximate surface area is 141 Å². The van der Waals surface area contributed by atoms with Crippen LogP contribution >= 0.6 is 0 Å². The van der Waals surface area contributed by atoms with Gasteiger partial charge in [0.2, 0.25) is 10.0 Å². The van der Waals surface area contributed by atoms with Crippen molar-refractivity contribution in [3.63, 3.8) is 0 Å². The van der Waals surface area contributed by atoms with E-state index in [4.69, 9.17) is 0 Å². The van der Waals surface area contributed by atoms with E-state index in [1.807, 2.05) is 30.3 Å². The summed E-state index contributed by atoms with van der Waals surface area (Å²) in [5.74, 6) is 0. The van der Waals surface area contributed by atoms with Crippen molar-refractivity contribution in [2.45, 2.75) is 24.2 Å². The van der Waals surface area contributed by atoms with Gasteiger partial charge in [0.05, 0.1) is 16.6 Å². The first kappa shape index (κ1) is 15.4. The molecule has 24 heavy (non-hydrogen) atoms. The largest absolute Gasteiger partial charge is 0.278 e. The van der Waals surface area contributed by atoms with Crippen LogP contribution < -0.4 is 0 Å². The Morgan fingerprint density at radius 3 is 2.58 bits per heavy atom. The van der Waals surface area contributed by atoms with Gasteiger partial charge in [-0.05, 0) is 48.2 Å². The lowest BCUT2D eigenvalue weighted by atomic mass is 10.0. The maximum absolute atomic E-state index is 12.9. The first-order valence-corrected chi connectivity index (χ1v) is 9.62. The van der Waals surface area contributed by atoms with E-state index in [0.29, 0.717) is 18.0 Å². The van der Waals surface area contributed by atoms with Gasteiger partial charge >= 0.3 is 0 Å². The maximum Gasteiger partial charge on any atom is 0.243 e. The molecule has 0 atom stereocenters. The van der Waals surface area contributed by atoms with Crippen molar-refractivity contribution < 1.29 is 8.42 Å². The fraction of sp³-hybridized carbons (Fsp3) is 0.278. The summed E-state index contributed by atoms with van der Waals surface area (Å²) in [6, 6.07) is 13.2. The number of aromatic nitrogens is 2. The van der Waals surface area contributed by atoms with Crippen LogP contribution in [-0.2, 0) is 10.0 Å². The molecule has 1 aromatic heterocycles. The van der Waals surface area contributed by atoms with Crippen molar-refractivity contribution in [2.75, 3.05) is 13.1 Å². The van der Waals surface area contributed by atoms with E-state index >= 15 is 0 Å². The van der Waals surface area contributed by atoms with E-state index < -0.39 is 10.0 Å². The fourth-order valence-corrected chi connectivity index (χ4v) is 4.78. The Morgan fingerprint density at radius 1 is 0.958 bits per heavy atom. The van der Waals surface area contributed by atoms with E-state index in [-0.39, 0.29) is 0 Å². The van der Waals surface area contributed by atoms with Crippen LogP contribution in [0.15, 0.2) is 53.6 Å². The predicted octanol–water partition coefficient (Wildman–Crippen LogP) is 3.40. The molecule has 0 aliphatic carbocycles. The van der Waals surface area contributed by atoms with Crippen molar-refractivity contribution in [3.05, 3.63) is 48.7 Å². The van der Waals surface area contributed by atoms with Crippen molar-refractivity contribution in [3.8, 4) is 11.1 Å². The van der Waals surface area contributed by atoms with Crippen LogP contribution in [0.4, 0.5) is 0 Å². The third kappa shape index (κ3) is 2.72. The molecule has 0 amide bonds. The van der Waals surface area contributed by atoms with E-state index in [1.54, 1.807) is 22.6 Å². The van der Waals surface area contributed by atoms with Gasteiger partial charge in [-0.3, -0.25) is 5.10 Å². The Hall–Kier alpha value is -2.18. The Kier molecular flexibility index (Phi) is 3.86. The highest BCUT2D eigenvalue weighted by atomic mass is 32.2. The monoisotopic (exact) mass is 341 g/mol. The van der Waals surface area contributed by atoms with Crippen LogP contribution in [0.5, 0.6) is 0 Å². The van der Waals surface area contributed by atoms with Crippen LogP contribution in [-0.4, -0.2) is 36.0 Å². The van der Waals surface area contributed by atoms with Gasteiger partial charge in [0.15, 0.2) is 0 Å². The summed E-state index contributed by atoms with van der Waals surface area (Å²) in [4.78, 5) is 0.370. The number of nitrogens with zero attached hydrogens (tertiary/aromatic N) is 2. The molecule has 124 valence electrons. The second kappa shape index (κ2) is 6.03. The summed E-state index contributed by atoms with van der Waals surface area (Å²) in [7, 11) is -3.41. The second-order valence-electron chi connectivity index (χ2n) is 6.16. The number of piperidine rings is 1. The number of rotatable bonds is 3. The fourth-order valence-electron chi connectivity index (χ4n) is 3.21. The molecular formula is C18H19N3O2S. The predicted molar refractivity (Wildman–Crippen MR) is 94.1 cm³/mol. The standard InChI is InChI=1S/C18H19N3O2S/c22-24(23,21-9-2-1-3-10-21)17-6-4-5-14(12-17)15-7-8-18-16(11-15)13-19-20-18/h4-8,11-13H,1-3,9-10H2,(H,19,20). The Morgan fingerprint density at radius 2 is 1.75 bits per heavy atom. The molecule has 0 saturated carbocycles. The van der Waals surface area contributed by atoms with Gasteiger partial charge in [-0.2, -0.15) is 9.40 Å². The zero-order chi connectivity index (χ0) is 16.6. The first-order chi connectivity index (χ1) is 11.6. The molecule has 5 nitrogen and oxygen atoms in total. The molecule has 0 unspecified atom stereocenters. The highest BCUT2D eigenvalue weighted by Gasteiger charge is 2.26. The summed E-state index contributed by atoms with van der Waals surface area (Å²) in [5.41, 5.74) is 2.85. The van der Waals surface area contributed by atoms with Gasteiger partial charge in [0.25, 0.3) is 0 Å². The number of benzene rings is 2. The molecule has 1 fully saturated rings. The van der Waals surface area contributed by atoms with Crippen LogP contribution in [0.1, 0.15) is 19.3 Å². The van der Waals surface area contributed by atoms with Gasteiger partial charge in [0.1, 0.15) is 0 Å². The minimum Gasteiger partial charge on any atom is -0.278 e. The number of hydrogen-bond acceptors (Lipinski definition) is 3. The molecular weight excluding hydrogens is 322 g/mol. The summed E-state index contributed by atoms with van der Waals surface area (Å²) in [6.07, 6.45) is 4.76. The maximum atomic E-state index is 12.9. The van der Waals surface area contributed by atoms with E-state index in [1.165, 1.54) is 0 Å². The lowest BCUT2D eigenvalue weighted by molar-refractivity contribution is 0.346. The molecule has 0 bridgehead atoms. The highest BCUT2D eigenvalue weighted by Crippen LogP contribution is 2.27. The quantitative estimate of drug-likeness (QED) is 0.794.